The quantitative estimate of drug-likeness (QED) is 0.876. The van der Waals surface area contributed by atoms with Crippen LogP contribution in [0.3, 0.4) is 0 Å². The minimum atomic E-state index is -4.46. The van der Waals surface area contributed by atoms with Gasteiger partial charge in [0.1, 0.15) is 17.6 Å². The van der Waals surface area contributed by atoms with Crippen molar-refractivity contribution in [2.75, 3.05) is 20.8 Å². The number of aliphatic hydroxyl groups is 1. The molecule has 0 amide bonds. The van der Waals surface area contributed by atoms with Crippen LogP contribution in [0.25, 0.3) is 0 Å². The maximum atomic E-state index is 12.3. The van der Waals surface area contributed by atoms with Crippen LogP contribution in [-0.4, -0.2) is 38.2 Å². The summed E-state index contributed by atoms with van der Waals surface area (Å²) in [5, 5.41) is 9.94. The number of aliphatic hydroxyl groups excluding tert-OH is 1. The maximum absolute atomic E-state index is 12.3. The molecule has 0 aliphatic rings. The highest BCUT2D eigenvalue weighted by atomic mass is 19.4. The van der Waals surface area contributed by atoms with E-state index in [4.69, 9.17) is 9.47 Å². The summed E-state index contributed by atoms with van der Waals surface area (Å²) in [6, 6.07) is 4.67. The molecular formula is C13H17F3O4. The number of alkyl halides is 3. The molecule has 2 unspecified atom stereocenters. The zero-order valence-corrected chi connectivity index (χ0v) is 11.4. The van der Waals surface area contributed by atoms with Gasteiger partial charge in [0.15, 0.2) is 6.10 Å². The van der Waals surface area contributed by atoms with Crippen LogP contribution in [0.5, 0.6) is 11.5 Å². The third-order valence-corrected chi connectivity index (χ3v) is 2.76. The van der Waals surface area contributed by atoms with E-state index in [2.05, 4.69) is 4.74 Å². The fourth-order valence-electron chi connectivity index (χ4n) is 1.52. The van der Waals surface area contributed by atoms with Gasteiger partial charge in [-0.1, -0.05) is 0 Å². The van der Waals surface area contributed by atoms with Gasteiger partial charge in [0, 0.05) is 5.56 Å². The van der Waals surface area contributed by atoms with Crippen molar-refractivity contribution < 1.29 is 32.5 Å². The molecule has 0 radical (unpaired) electrons. The van der Waals surface area contributed by atoms with Crippen molar-refractivity contribution in [2.24, 2.45) is 0 Å². The first-order valence-electron chi connectivity index (χ1n) is 5.88. The summed E-state index contributed by atoms with van der Waals surface area (Å²) < 4.78 is 51.6. The summed E-state index contributed by atoms with van der Waals surface area (Å²) in [5.74, 6) is 0.810. The van der Waals surface area contributed by atoms with E-state index in [1.807, 2.05) is 0 Å². The molecule has 0 spiro atoms. The minimum absolute atomic E-state index is 0.307. The van der Waals surface area contributed by atoms with Crippen molar-refractivity contribution in [3.8, 4) is 11.5 Å². The molecule has 0 bridgehead atoms. The molecule has 114 valence electrons. The number of rotatable bonds is 6. The molecule has 20 heavy (non-hydrogen) atoms. The minimum Gasteiger partial charge on any atom is -0.497 e. The first kappa shape index (κ1) is 16.6. The summed E-state index contributed by atoms with van der Waals surface area (Å²) >= 11 is 0. The second kappa shape index (κ2) is 6.81. The number of methoxy groups -OCH3 is 2. The Morgan fingerprint density at radius 1 is 1.20 bits per heavy atom. The summed E-state index contributed by atoms with van der Waals surface area (Å²) in [4.78, 5) is 0. The average Bonchev–Trinajstić information content (AvgIpc) is 2.42. The Morgan fingerprint density at radius 3 is 2.35 bits per heavy atom. The summed E-state index contributed by atoms with van der Waals surface area (Å²) in [6.45, 7) is 0.389. The molecule has 0 aromatic heterocycles. The normalized spacial score (nSPS) is 14.8. The van der Waals surface area contributed by atoms with E-state index in [-0.39, 0.29) is 0 Å². The van der Waals surface area contributed by atoms with Crippen molar-refractivity contribution in [3.05, 3.63) is 23.8 Å². The predicted octanol–water partition coefficient (Wildman–Crippen LogP) is 2.70. The fourth-order valence-corrected chi connectivity index (χ4v) is 1.52. The Hall–Kier alpha value is -1.47. The molecule has 1 rings (SSSR count). The Kier molecular flexibility index (Phi) is 5.64. The molecule has 4 nitrogen and oxygen atoms in total. The molecule has 1 N–H and O–H groups in total. The van der Waals surface area contributed by atoms with Crippen LogP contribution in [0.1, 0.15) is 18.6 Å². The second-order valence-corrected chi connectivity index (χ2v) is 4.14. The zero-order chi connectivity index (χ0) is 15.3. The Balaban J connectivity index is 2.78. The van der Waals surface area contributed by atoms with Crippen LogP contribution >= 0.6 is 0 Å². The van der Waals surface area contributed by atoms with E-state index >= 15 is 0 Å². The van der Waals surface area contributed by atoms with E-state index in [9.17, 15) is 18.3 Å². The third kappa shape index (κ3) is 4.28. The van der Waals surface area contributed by atoms with Crippen LogP contribution in [-0.2, 0) is 4.74 Å². The molecule has 0 aliphatic carbocycles. The highest BCUT2D eigenvalue weighted by Gasteiger charge is 2.37. The highest BCUT2D eigenvalue weighted by molar-refractivity contribution is 5.41. The third-order valence-electron chi connectivity index (χ3n) is 2.76. The molecule has 0 saturated carbocycles. The predicted molar refractivity (Wildman–Crippen MR) is 66.0 cm³/mol. The molecule has 0 fully saturated rings. The van der Waals surface area contributed by atoms with Gasteiger partial charge in [-0.3, -0.25) is 0 Å². The van der Waals surface area contributed by atoms with Gasteiger partial charge >= 0.3 is 6.18 Å². The van der Waals surface area contributed by atoms with E-state index in [1.54, 1.807) is 12.1 Å². The van der Waals surface area contributed by atoms with Crippen molar-refractivity contribution in [2.45, 2.75) is 25.3 Å². The average molecular weight is 294 g/mol. The standard InChI is InChI=1S/C13H17F3O4/c1-8(13(14,15)16)20-7-11(17)10-6-9(18-2)4-5-12(10)19-3/h4-6,8,11,17H,7H2,1-3H3. The maximum Gasteiger partial charge on any atom is 0.414 e. The second-order valence-electron chi connectivity index (χ2n) is 4.14. The largest absolute Gasteiger partial charge is 0.497 e. The first-order valence-corrected chi connectivity index (χ1v) is 5.88. The molecular weight excluding hydrogens is 277 g/mol. The van der Waals surface area contributed by atoms with Gasteiger partial charge < -0.3 is 19.3 Å². The molecule has 1 aromatic carbocycles. The molecule has 0 saturated heterocycles. The summed E-state index contributed by atoms with van der Waals surface area (Å²) in [7, 11) is 2.84. The number of hydrogen-bond donors (Lipinski definition) is 1. The fraction of sp³-hybridized carbons (Fsp3) is 0.538. The van der Waals surface area contributed by atoms with E-state index < -0.39 is 25.0 Å². The lowest BCUT2D eigenvalue weighted by atomic mass is 10.1. The van der Waals surface area contributed by atoms with Crippen molar-refractivity contribution in [3.63, 3.8) is 0 Å². The van der Waals surface area contributed by atoms with Gasteiger partial charge in [0.2, 0.25) is 0 Å². The smallest absolute Gasteiger partial charge is 0.414 e. The molecule has 0 heterocycles. The van der Waals surface area contributed by atoms with Crippen LogP contribution in [0, 0.1) is 0 Å². The van der Waals surface area contributed by atoms with Crippen LogP contribution < -0.4 is 9.47 Å². The zero-order valence-electron chi connectivity index (χ0n) is 11.4. The Morgan fingerprint density at radius 2 is 1.85 bits per heavy atom. The Bertz CT molecular complexity index is 434. The molecule has 0 aliphatic heterocycles. The van der Waals surface area contributed by atoms with E-state index in [0.29, 0.717) is 17.1 Å². The van der Waals surface area contributed by atoms with Gasteiger partial charge in [-0.15, -0.1) is 0 Å². The van der Waals surface area contributed by atoms with Gasteiger partial charge in [0.05, 0.1) is 20.8 Å². The molecule has 1 aromatic rings. The van der Waals surface area contributed by atoms with Crippen LogP contribution in [0.15, 0.2) is 18.2 Å². The number of benzene rings is 1. The molecule has 7 heteroatoms. The van der Waals surface area contributed by atoms with E-state index in [0.717, 1.165) is 6.92 Å². The summed E-state index contributed by atoms with van der Waals surface area (Å²) in [6.07, 6.45) is -7.66. The van der Waals surface area contributed by atoms with Gasteiger partial charge in [-0.25, -0.2) is 0 Å². The highest BCUT2D eigenvalue weighted by Crippen LogP contribution is 2.30. The number of ether oxygens (including phenoxy) is 3. The lowest BCUT2D eigenvalue weighted by Gasteiger charge is -2.20. The van der Waals surface area contributed by atoms with Gasteiger partial charge in [0.25, 0.3) is 0 Å². The van der Waals surface area contributed by atoms with Gasteiger partial charge in [-0.2, -0.15) is 13.2 Å². The SMILES string of the molecule is COc1ccc(OC)c(C(O)COC(C)C(F)(F)F)c1. The number of halogens is 3. The first-order chi connectivity index (χ1) is 9.29. The lowest BCUT2D eigenvalue weighted by Crippen LogP contribution is -2.30. The van der Waals surface area contributed by atoms with Crippen molar-refractivity contribution in [1.82, 2.24) is 0 Å². The van der Waals surface area contributed by atoms with Crippen LogP contribution in [0.2, 0.25) is 0 Å². The lowest BCUT2D eigenvalue weighted by molar-refractivity contribution is -0.219. The van der Waals surface area contributed by atoms with Gasteiger partial charge in [-0.05, 0) is 25.1 Å². The number of hydrogen-bond acceptors (Lipinski definition) is 4. The van der Waals surface area contributed by atoms with Crippen molar-refractivity contribution in [1.29, 1.82) is 0 Å². The Labute approximate surface area is 115 Å². The molecule has 2 atom stereocenters. The summed E-state index contributed by atoms with van der Waals surface area (Å²) in [5.41, 5.74) is 0.307. The topological polar surface area (TPSA) is 47.9 Å². The monoisotopic (exact) mass is 294 g/mol. The van der Waals surface area contributed by atoms with Crippen molar-refractivity contribution >= 4 is 0 Å². The van der Waals surface area contributed by atoms with Crippen LogP contribution in [0.4, 0.5) is 13.2 Å². The van der Waals surface area contributed by atoms with E-state index in [1.165, 1.54) is 20.3 Å².